The standard InChI is InChI=1S/C34H31N7O/c1-40-33(32(24-5-3-2-4-6-24)28-22-42-29-11-15-36-20-27(29)34(28)40)25-9-7-23(8-10-25)21-41-17-13-26(14-18-41)38-30-12-16-37-31(19-35)39-30/h2-12,15-16,20,26H,13-14,17-18,21-22H2,1H3,(H,37,38,39). The van der Waals surface area contributed by atoms with E-state index in [0.717, 1.165) is 49.6 Å². The maximum Gasteiger partial charge on any atom is 0.234 e. The molecule has 1 saturated heterocycles. The van der Waals surface area contributed by atoms with Crippen LogP contribution in [0.15, 0.2) is 85.3 Å². The molecule has 208 valence electrons. The van der Waals surface area contributed by atoms with Gasteiger partial charge in [0.25, 0.3) is 0 Å². The van der Waals surface area contributed by atoms with E-state index in [-0.39, 0.29) is 5.82 Å². The van der Waals surface area contributed by atoms with Crippen molar-refractivity contribution in [3.63, 3.8) is 0 Å². The normalized spacial score (nSPS) is 14.9. The SMILES string of the molecule is Cn1c2c(c(-c3ccccc3)c1-c1ccc(CN3CCC(Nc4ccnc(C#N)n4)CC3)cc1)COc1ccncc1-2. The molecule has 7 rings (SSSR count). The van der Waals surface area contributed by atoms with Gasteiger partial charge in [-0.3, -0.25) is 9.88 Å². The third-order valence-corrected chi connectivity index (χ3v) is 8.29. The number of nitriles is 1. The van der Waals surface area contributed by atoms with Gasteiger partial charge >= 0.3 is 0 Å². The largest absolute Gasteiger partial charge is 0.488 e. The van der Waals surface area contributed by atoms with Gasteiger partial charge in [-0.05, 0) is 41.7 Å². The monoisotopic (exact) mass is 553 g/mol. The molecule has 0 unspecified atom stereocenters. The molecular weight excluding hydrogens is 522 g/mol. The summed E-state index contributed by atoms with van der Waals surface area (Å²) in [6.07, 6.45) is 7.37. The summed E-state index contributed by atoms with van der Waals surface area (Å²) in [4.78, 5) is 15.1. The smallest absolute Gasteiger partial charge is 0.234 e. The Balaban J connectivity index is 1.11. The van der Waals surface area contributed by atoms with Gasteiger partial charge in [-0.1, -0.05) is 54.6 Å². The number of likely N-dealkylation sites (tertiary alicyclic amines) is 1. The first kappa shape index (κ1) is 25.9. The van der Waals surface area contributed by atoms with E-state index in [1.807, 2.05) is 24.4 Å². The van der Waals surface area contributed by atoms with Crippen molar-refractivity contribution in [2.75, 3.05) is 18.4 Å². The Morgan fingerprint density at radius 2 is 1.76 bits per heavy atom. The van der Waals surface area contributed by atoms with Gasteiger partial charge in [0.2, 0.25) is 5.82 Å². The summed E-state index contributed by atoms with van der Waals surface area (Å²) in [5.41, 5.74) is 9.48. The van der Waals surface area contributed by atoms with Crippen molar-refractivity contribution < 1.29 is 4.74 Å². The number of hydrogen-bond acceptors (Lipinski definition) is 7. The minimum absolute atomic E-state index is 0.197. The lowest BCUT2D eigenvalue weighted by Gasteiger charge is -2.32. The fourth-order valence-electron chi connectivity index (χ4n) is 6.28. The molecule has 2 aromatic carbocycles. The molecule has 3 aromatic heterocycles. The fourth-order valence-corrected chi connectivity index (χ4v) is 6.28. The van der Waals surface area contributed by atoms with Crippen LogP contribution in [0.1, 0.15) is 29.8 Å². The number of nitrogens with one attached hydrogen (secondary N) is 1. The molecule has 8 nitrogen and oxygen atoms in total. The summed E-state index contributed by atoms with van der Waals surface area (Å²) in [7, 11) is 2.15. The van der Waals surface area contributed by atoms with Crippen molar-refractivity contribution in [1.82, 2.24) is 24.4 Å². The Morgan fingerprint density at radius 3 is 2.55 bits per heavy atom. The molecule has 42 heavy (non-hydrogen) atoms. The summed E-state index contributed by atoms with van der Waals surface area (Å²) in [5, 5.41) is 12.5. The van der Waals surface area contributed by atoms with Gasteiger partial charge in [0.15, 0.2) is 0 Å². The van der Waals surface area contributed by atoms with E-state index in [9.17, 15) is 0 Å². The summed E-state index contributed by atoms with van der Waals surface area (Å²) < 4.78 is 8.50. The summed E-state index contributed by atoms with van der Waals surface area (Å²) >= 11 is 0. The molecule has 0 saturated carbocycles. The molecule has 5 aromatic rings. The number of anilines is 1. The highest BCUT2D eigenvalue weighted by Crippen LogP contribution is 2.47. The predicted octanol–water partition coefficient (Wildman–Crippen LogP) is 6.05. The van der Waals surface area contributed by atoms with Crippen LogP contribution in [0.25, 0.3) is 33.6 Å². The molecule has 0 spiro atoms. The van der Waals surface area contributed by atoms with Gasteiger partial charge in [-0.25, -0.2) is 9.97 Å². The summed E-state index contributed by atoms with van der Waals surface area (Å²) in [6.45, 7) is 3.46. The highest BCUT2D eigenvalue weighted by Gasteiger charge is 2.29. The van der Waals surface area contributed by atoms with Crippen molar-refractivity contribution in [2.24, 2.45) is 7.05 Å². The van der Waals surface area contributed by atoms with Crippen molar-refractivity contribution in [3.05, 3.63) is 102 Å². The van der Waals surface area contributed by atoms with Gasteiger partial charge in [-0.2, -0.15) is 5.26 Å². The molecule has 0 aliphatic carbocycles. The third kappa shape index (κ3) is 4.89. The predicted molar refractivity (Wildman–Crippen MR) is 163 cm³/mol. The number of benzene rings is 2. The average Bonchev–Trinajstić information content (AvgIpc) is 3.35. The second-order valence-corrected chi connectivity index (χ2v) is 10.9. The molecular formula is C34H31N7O. The lowest BCUT2D eigenvalue weighted by Crippen LogP contribution is -2.38. The van der Waals surface area contributed by atoms with Gasteiger partial charge in [0.05, 0.1) is 17.0 Å². The highest BCUT2D eigenvalue weighted by atomic mass is 16.5. The number of piperidine rings is 1. The second kappa shape index (κ2) is 11.1. The first-order valence-electron chi connectivity index (χ1n) is 14.3. The molecule has 2 aliphatic rings. The minimum Gasteiger partial charge on any atom is -0.488 e. The zero-order valence-corrected chi connectivity index (χ0v) is 23.5. The molecule has 0 radical (unpaired) electrons. The number of fused-ring (bicyclic) bond motifs is 3. The van der Waals surface area contributed by atoms with Crippen LogP contribution in [0.5, 0.6) is 5.75 Å². The third-order valence-electron chi connectivity index (χ3n) is 8.29. The first-order valence-corrected chi connectivity index (χ1v) is 14.3. The zero-order chi connectivity index (χ0) is 28.5. The van der Waals surface area contributed by atoms with Crippen LogP contribution in [0.2, 0.25) is 0 Å². The van der Waals surface area contributed by atoms with Gasteiger partial charge < -0.3 is 14.6 Å². The van der Waals surface area contributed by atoms with Crippen molar-refractivity contribution in [1.29, 1.82) is 5.26 Å². The number of nitrogens with zero attached hydrogens (tertiary/aromatic N) is 6. The number of pyridine rings is 1. The van der Waals surface area contributed by atoms with Gasteiger partial charge in [-0.15, -0.1) is 0 Å². The van der Waals surface area contributed by atoms with E-state index in [0.29, 0.717) is 12.6 Å². The summed E-state index contributed by atoms with van der Waals surface area (Å²) in [6, 6.07) is 25.7. The van der Waals surface area contributed by atoms with E-state index in [2.05, 4.69) is 91.4 Å². The van der Waals surface area contributed by atoms with Crippen LogP contribution >= 0.6 is 0 Å². The molecule has 5 heterocycles. The lowest BCUT2D eigenvalue weighted by atomic mass is 9.95. The molecule has 0 amide bonds. The quantitative estimate of drug-likeness (QED) is 0.274. The Bertz CT molecular complexity index is 1760. The van der Waals surface area contributed by atoms with Crippen LogP contribution in [0.3, 0.4) is 0 Å². The highest BCUT2D eigenvalue weighted by molar-refractivity contribution is 5.92. The Morgan fingerprint density at radius 1 is 0.952 bits per heavy atom. The van der Waals surface area contributed by atoms with Crippen LogP contribution < -0.4 is 10.1 Å². The number of aromatic nitrogens is 4. The number of ether oxygens (including phenoxy) is 1. The Labute approximate surface area is 245 Å². The molecule has 2 aliphatic heterocycles. The fraction of sp³-hybridized carbons (Fsp3) is 0.235. The van der Waals surface area contributed by atoms with Crippen LogP contribution in [0, 0.1) is 11.3 Å². The van der Waals surface area contributed by atoms with Crippen molar-refractivity contribution in [3.8, 4) is 45.5 Å². The van der Waals surface area contributed by atoms with E-state index >= 15 is 0 Å². The van der Waals surface area contributed by atoms with Crippen LogP contribution in [-0.2, 0) is 20.2 Å². The molecule has 0 bridgehead atoms. The zero-order valence-electron chi connectivity index (χ0n) is 23.5. The molecule has 1 fully saturated rings. The van der Waals surface area contributed by atoms with Crippen LogP contribution in [-0.4, -0.2) is 43.6 Å². The van der Waals surface area contributed by atoms with E-state index in [1.165, 1.54) is 39.2 Å². The van der Waals surface area contributed by atoms with Crippen LogP contribution in [0.4, 0.5) is 5.82 Å². The molecule has 1 N–H and O–H groups in total. The van der Waals surface area contributed by atoms with Crippen molar-refractivity contribution in [2.45, 2.75) is 32.0 Å². The lowest BCUT2D eigenvalue weighted by molar-refractivity contribution is 0.211. The first-order chi connectivity index (χ1) is 20.7. The Hall–Kier alpha value is -5.00. The maximum atomic E-state index is 9.06. The minimum atomic E-state index is 0.197. The van der Waals surface area contributed by atoms with Gasteiger partial charge in [0, 0.05) is 62.4 Å². The topological polar surface area (TPSA) is 91.9 Å². The number of rotatable bonds is 6. The number of hydrogen-bond donors (Lipinski definition) is 1. The second-order valence-electron chi connectivity index (χ2n) is 10.9. The van der Waals surface area contributed by atoms with E-state index < -0.39 is 0 Å². The average molecular weight is 554 g/mol. The van der Waals surface area contributed by atoms with E-state index in [1.54, 1.807) is 12.4 Å². The van der Waals surface area contributed by atoms with Gasteiger partial charge in [0.1, 0.15) is 24.2 Å². The maximum absolute atomic E-state index is 9.06. The van der Waals surface area contributed by atoms with E-state index in [4.69, 9.17) is 10.00 Å². The Kier molecular flexibility index (Phi) is 6.86. The summed E-state index contributed by atoms with van der Waals surface area (Å²) in [5.74, 6) is 1.80. The molecule has 8 heteroatoms. The molecule has 0 atom stereocenters. The van der Waals surface area contributed by atoms with Crippen molar-refractivity contribution >= 4 is 5.82 Å².